The van der Waals surface area contributed by atoms with Crippen LogP contribution in [-0.2, 0) is 0 Å². The Morgan fingerprint density at radius 2 is 1.56 bits per heavy atom. The Kier molecular flexibility index (Phi) is 4.48. The molecule has 16 heavy (non-hydrogen) atoms. The standard InChI is InChI=1S/C14H22OSi/c1-5-16(6-2,7-3)14(15)13-11-9-8-10-12(13)4/h8-11H,5-7H2,1-4H3. The number of rotatable bonds is 5. The van der Waals surface area contributed by atoms with Gasteiger partial charge >= 0.3 is 0 Å². The number of aryl methyl sites for hydroxylation is 1. The van der Waals surface area contributed by atoms with Crippen molar-refractivity contribution in [2.24, 2.45) is 0 Å². The molecule has 0 unspecified atom stereocenters. The maximum Gasteiger partial charge on any atom is 0.140 e. The van der Waals surface area contributed by atoms with Gasteiger partial charge in [0.05, 0.1) is 0 Å². The van der Waals surface area contributed by atoms with Gasteiger partial charge in [-0.05, 0) is 12.5 Å². The highest BCUT2D eigenvalue weighted by atomic mass is 28.3. The van der Waals surface area contributed by atoms with Crippen molar-refractivity contribution < 1.29 is 4.79 Å². The highest BCUT2D eigenvalue weighted by Crippen LogP contribution is 2.26. The second-order valence-electron chi connectivity index (χ2n) is 4.49. The summed E-state index contributed by atoms with van der Waals surface area (Å²) in [6.07, 6.45) is 0. The quantitative estimate of drug-likeness (QED) is 0.697. The van der Waals surface area contributed by atoms with Crippen LogP contribution < -0.4 is 0 Å². The van der Waals surface area contributed by atoms with Gasteiger partial charge in [0, 0.05) is 5.56 Å². The first-order valence-corrected chi connectivity index (χ1v) is 8.83. The summed E-state index contributed by atoms with van der Waals surface area (Å²) in [4.78, 5) is 12.6. The molecule has 0 atom stereocenters. The summed E-state index contributed by atoms with van der Waals surface area (Å²) in [5.74, 6) is 0. The van der Waals surface area contributed by atoms with Crippen molar-refractivity contribution in [3.63, 3.8) is 0 Å². The minimum absolute atomic E-state index is 0.457. The number of hydrogen-bond acceptors (Lipinski definition) is 1. The zero-order valence-electron chi connectivity index (χ0n) is 10.8. The molecule has 1 aromatic carbocycles. The lowest BCUT2D eigenvalue weighted by Crippen LogP contribution is -2.42. The van der Waals surface area contributed by atoms with Crippen LogP contribution >= 0.6 is 0 Å². The van der Waals surface area contributed by atoms with E-state index in [0.717, 1.165) is 29.3 Å². The van der Waals surface area contributed by atoms with E-state index < -0.39 is 8.07 Å². The van der Waals surface area contributed by atoms with Gasteiger partial charge in [0.25, 0.3) is 0 Å². The SMILES string of the molecule is CC[Si](CC)(CC)C(=O)c1ccccc1C. The van der Waals surface area contributed by atoms with Crippen LogP contribution in [0.4, 0.5) is 0 Å². The van der Waals surface area contributed by atoms with E-state index in [1.165, 1.54) is 0 Å². The van der Waals surface area contributed by atoms with Gasteiger partial charge in [-0.25, -0.2) is 0 Å². The minimum atomic E-state index is -1.73. The summed E-state index contributed by atoms with van der Waals surface area (Å²) in [6.45, 7) is 8.56. The van der Waals surface area contributed by atoms with E-state index in [4.69, 9.17) is 0 Å². The summed E-state index contributed by atoms with van der Waals surface area (Å²) in [5.41, 5.74) is 2.08. The van der Waals surface area contributed by atoms with Gasteiger partial charge in [-0.3, -0.25) is 0 Å². The van der Waals surface area contributed by atoms with E-state index in [1.54, 1.807) is 0 Å². The monoisotopic (exact) mass is 234 g/mol. The van der Waals surface area contributed by atoms with Crippen LogP contribution in [0, 0.1) is 6.92 Å². The van der Waals surface area contributed by atoms with Crippen molar-refractivity contribution in [1.82, 2.24) is 0 Å². The average molecular weight is 234 g/mol. The molecular weight excluding hydrogens is 212 g/mol. The van der Waals surface area contributed by atoms with Crippen molar-refractivity contribution in [1.29, 1.82) is 0 Å². The molecule has 0 aromatic heterocycles. The zero-order chi connectivity index (χ0) is 12.2. The molecule has 1 nitrogen and oxygen atoms in total. The highest BCUT2D eigenvalue weighted by Gasteiger charge is 2.36. The number of benzene rings is 1. The van der Waals surface area contributed by atoms with Gasteiger partial charge in [-0.15, -0.1) is 0 Å². The lowest BCUT2D eigenvalue weighted by atomic mass is 10.1. The number of hydrogen-bond donors (Lipinski definition) is 0. The van der Waals surface area contributed by atoms with Crippen molar-refractivity contribution in [3.8, 4) is 0 Å². The molecule has 0 N–H and O–H groups in total. The van der Waals surface area contributed by atoms with E-state index in [2.05, 4.69) is 20.8 Å². The average Bonchev–Trinajstić information content (AvgIpc) is 2.32. The largest absolute Gasteiger partial charge is 0.300 e. The molecule has 0 saturated carbocycles. The first-order chi connectivity index (χ1) is 7.61. The normalized spacial score (nSPS) is 11.5. The molecule has 0 heterocycles. The Labute approximate surface area is 99.9 Å². The first kappa shape index (κ1) is 13.2. The maximum absolute atomic E-state index is 12.6. The van der Waals surface area contributed by atoms with Gasteiger partial charge in [-0.1, -0.05) is 63.2 Å². The molecule has 0 fully saturated rings. The van der Waals surface area contributed by atoms with Crippen LogP contribution in [0.25, 0.3) is 0 Å². The fourth-order valence-electron chi connectivity index (χ4n) is 2.35. The van der Waals surface area contributed by atoms with Gasteiger partial charge in [0.2, 0.25) is 0 Å². The second-order valence-corrected chi connectivity index (χ2v) is 9.62. The fourth-order valence-corrected chi connectivity index (χ4v) is 5.66. The van der Waals surface area contributed by atoms with Crippen molar-refractivity contribution >= 4 is 13.5 Å². The predicted molar refractivity (Wildman–Crippen MR) is 72.7 cm³/mol. The van der Waals surface area contributed by atoms with Gasteiger partial charge in [-0.2, -0.15) is 0 Å². The molecule has 0 aliphatic carbocycles. The molecule has 88 valence electrons. The maximum atomic E-state index is 12.6. The molecule has 0 aliphatic heterocycles. The smallest absolute Gasteiger partial charge is 0.140 e. The molecule has 0 amide bonds. The third-order valence-corrected chi connectivity index (χ3v) is 9.20. The molecule has 0 spiro atoms. The summed E-state index contributed by atoms with van der Waals surface area (Å²) in [6, 6.07) is 11.2. The van der Waals surface area contributed by atoms with E-state index in [0.29, 0.717) is 5.41 Å². The lowest BCUT2D eigenvalue weighted by molar-refractivity contribution is 0.106. The van der Waals surface area contributed by atoms with Gasteiger partial charge < -0.3 is 4.79 Å². The van der Waals surface area contributed by atoms with Gasteiger partial charge in [0.1, 0.15) is 13.5 Å². The number of carbonyl (C=O) groups is 1. The van der Waals surface area contributed by atoms with Gasteiger partial charge in [0.15, 0.2) is 0 Å². The highest BCUT2D eigenvalue weighted by molar-refractivity contribution is 7.07. The molecule has 1 aromatic rings. The van der Waals surface area contributed by atoms with Crippen LogP contribution in [0.1, 0.15) is 36.7 Å². The predicted octanol–water partition coefficient (Wildman–Crippen LogP) is 4.23. The summed E-state index contributed by atoms with van der Waals surface area (Å²) in [5, 5.41) is 0.457. The molecule has 0 bridgehead atoms. The molecule has 1 rings (SSSR count). The summed E-state index contributed by atoms with van der Waals surface area (Å²) >= 11 is 0. The van der Waals surface area contributed by atoms with Crippen LogP contribution in [0.3, 0.4) is 0 Å². The van der Waals surface area contributed by atoms with E-state index in [-0.39, 0.29) is 0 Å². The van der Waals surface area contributed by atoms with Crippen LogP contribution in [0.5, 0.6) is 0 Å². The topological polar surface area (TPSA) is 17.1 Å². The second kappa shape index (κ2) is 5.44. The van der Waals surface area contributed by atoms with Crippen molar-refractivity contribution in [2.45, 2.75) is 45.8 Å². The summed E-state index contributed by atoms with van der Waals surface area (Å²) in [7, 11) is -1.73. The van der Waals surface area contributed by atoms with E-state index in [1.807, 2.05) is 31.2 Å². The molecular formula is C14H22OSi. The lowest BCUT2D eigenvalue weighted by Gasteiger charge is -2.26. The Bertz CT molecular complexity index is 358. The Morgan fingerprint density at radius 3 is 2.00 bits per heavy atom. The third-order valence-electron chi connectivity index (χ3n) is 3.90. The summed E-state index contributed by atoms with van der Waals surface area (Å²) < 4.78 is 0. The van der Waals surface area contributed by atoms with Crippen LogP contribution in [-0.4, -0.2) is 13.5 Å². The van der Waals surface area contributed by atoms with E-state index >= 15 is 0 Å². The molecule has 0 radical (unpaired) electrons. The molecule has 0 saturated heterocycles. The Morgan fingerprint density at radius 1 is 1.06 bits per heavy atom. The Balaban J connectivity index is 3.14. The zero-order valence-corrected chi connectivity index (χ0v) is 11.8. The molecule has 2 heteroatoms. The third kappa shape index (κ3) is 2.27. The van der Waals surface area contributed by atoms with E-state index in [9.17, 15) is 4.79 Å². The van der Waals surface area contributed by atoms with Crippen LogP contribution in [0.15, 0.2) is 24.3 Å². The van der Waals surface area contributed by atoms with Crippen molar-refractivity contribution in [3.05, 3.63) is 35.4 Å². The fraction of sp³-hybridized carbons (Fsp3) is 0.500. The Hall–Kier alpha value is -0.893. The molecule has 0 aliphatic rings. The number of carbonyl (C=O) groups excluding carboxylic acids is 1. The van der Waals surface area contributed by atoms with Crippen LogP contribution in [0.2, 0.25) is 18.1 Å². The first-order valence-electron chi connectivity index (χ1n) is 6.21. The van der Waals surface area contributed by atoms with Crippen molar-refractivity contribution in [2.75, 3.05) is 0 Å². The minimum Gasteiger partial charge on any atom is -0.300 e.